The second-order valence-electron chi connectivity index (χ2n) is 7.11. The number of benzene rings is 3. The maximum Gasteiger partial charge on any atom is 0.0946 e. The third kappa shape index (κ3) is 4.59. The molecule has 0 radical (unpaired) electrons. The molecule has 0 aliphatic carbocycles. The average Bonchev–Trinajstić information content (AvgIpc) is 3.24. The molecule has 0 spiro atoms. The van der Waals surface area contributed by atoms with Gasteiger partial charge in [-0.2, -0.15) is 0 Å². The first kappa shape index (κ1) is 18.3. The summed E-state index contributed by atoms with van der Waals surface area (Å²) in [6.45, 7) is 1.37. The minimum Gasteiger partial charge on any atom is -0.399 e. The van der Waals surface area contributed by atoms with E-state index in [-0.39, 0.29) is 6.10 Å². The number of rotatable bonds is 8. The van der Waals surface area contributed by atoms with E-state index in [1.165, 1.54) is 16.3 Å². The molecule has 2 N–H and O–H groups in total. The Balaban J connectivity index is 1.45. The zero-order valence-corrected chi connectivity index (χ0v) is 15.9. The summed E-state index contributed by atoms with van der Waals surface area (Å²) >= 11 is 0. The lowest BCUT2D eigenvalue weighted by atomic mass is 9.99. The summed E-state index contributed by atoms with van der Waals surface area (Å²) in [6.07, 6.45) is 7.66. The normalized spacial score (nSPS) is 12.3. The molecule has 3 aromatic carbocycles. The molecule has 4 heteroatoms. The minimum absolute atomic E-state index is 0.103. The van der Waals surface area contributed by atoms with Gasteiger partial charge >= 0.3 is 0 Å². The van der Waals surface area contributed by atoms with E-state index in [1.807, 2.05) is 43.0 Å². The highest BCUT2D eigenvalue weighted by atomic mass is 16.5. The topological polar surface area (TPSA) is 53.1 Å². The van der Waals surface area contributed by atoms with Gasteiger partial charge in [0, 0.05) is 24.6 Å². The quantitative estimate of drug-likeness (QED) is 0.451. The van der Waals surface area contributed by atoms with E-state index in [0.29, 0.717) is 6.61 Å². The first-order chi connectivity index (χ1) is 13.8. The Hall–Kier alpha value is -3.11. The van der Waals surface area contributed by atoms with E-state index in [0.717, 1.165) is 30.6 Å². The number of hydrogen-bond donors (Lipinski definition) is 1. The fourth-order valence-corrected chi connectivity index (χ4v) is 3.51. The SMILES string of the molecule is Nc1ccc(COC(CCc2cccc3ccccc23)Cn2ccnc2)cc1. The van der Waals surface area contributed by atoms with Crippen molar-refractivity contribution < 1.29 is 4.74 Å². The second kappa shape index (κ2) is 8.72. The van der Waals surface area contributed by atoms with Gasteiger partial charge in [0.2, 0.25) is 0 Å². The van der Waals surface area contributed by atoms with E-state index in [1.54, 1.807) is 0 Å². The van der Waals surface area contributed by atoms with Crippen LogP contribution in [0.4, 0.5) is 5.69 Å². The van der Waals surface area contributed by atoms with Crippen molar-refractivity contribution in [2.75, 3.05) is 5.73 Å². The van der Waals surface area contributed by atoms with Crippen LogP contribution in [0.1, 0.15) is 17.5 Å². The number of imidazole rings is 1. The Bertz CT molecular complexity index is 1000. The smallest absolute Gasteiger partial charge is 0.0946 e. The molecule has 1 aromatic heterocycles. The van der Waals surface area contributed by atoms with Crippen molar-refractivity contribution in [1.82, 2.24) is 9.55 Å². The van der Waals surface area contributed by atoms with E-state index in [2.05, 4.69) is 52.0 Å². The van der Waals surface area contributed by atoms with Crippen LogP contribution in [0.2, 0.25) is 0 Å². The molecule has 0 saturated heterocycles. The third-order valence-electron chi connectivity index (χ3n) is 5.05. The molecule has 142 valence electrons. The molecule has 1 atom stereocenters. The number of aromatic nitrogens is 2. The van der Waals surface area contributed by atoms with Gasteiger partial charge < -0.3 is 15.0 Å². The summed E-state index contributed by atoms with van der Waals surface area (Å²) in [6, 6.07) is 23.0. The van der Waals surface area contributed by atoms with Gasteiger partial charge in [-0.1, -0.05) is 54.6 Å². The molecule has 0 fully saturated rings. The van der Waals surface area contributed by atoms with Crippen LogP contribution in [0.15, 0.2) is 85.5 Å². The molecule has 0 saturated carbocycles. The molecular formula is C24H25N3O. The maximum atomic E-state index is 6.29. The standard InChI is InChI=1S/C24H25N3O/c25-22-11-8-19(9-12-22)17-28-23(16-27-15-14-26-18-27)13-10-21-6-3-5-20-4-1-2-7-24(20)21/h1-9,11-12,14-15,18,23H,10,13,16-17,25H2. The van der Waals surface area contributed by atoms with Crippen LogP contribution in [-0.4, -0.2) is 15.7 Å². The molecule has 4 rings (SSSR count). The first-order valence-electron chi connectivity index (χ1n) is 9.66. The summed E-state index contributed by atoms with van der Waals surface area (Å²) in [5.74, 6) is 0. The zero-order chi connectivity index (χ0) is 19.2. The molecule has 0 bridgehead atoms. The molecule has 1 unspecified atom stereocenters. The number of fused-ring (bicyclic) bond motifs is 1. The number of nitrogens with zero attached hydrogens (tertiary/aromatic N) is 2. The number of nitrogen functional groups attached to an aromatic ring is 1. The average molecular weight is 371 g/mol. The predicted molar refractivity (Wildman–Crippen MR) is 114 cm³/mol. The van der Waals surface area contributed by atoms with Crippen molar-refractivity contribution in [3.8, 4) is 0 Å². The summed E-state index contributed by atoms with van der Waals surface area (Å²) in [4.78, 5) is 4.16. The molecule has 1 heterocycles. The van der Waals surface area contributed by atoms with Crippen LogP contribution in [0.3, 0.4) is 0 Å². The number of aryl methyl sites for hydroxylation is 1. The molecule has 0 aliphatic heterocycles. The number of nitrogens with two attached hydrogens (primary N) is 1. The number of anilines is 1. The Morgan fingerprint density at radius 3 is 2.61 bits per heavy atom. The maximum absolute atomic E-state index is 6.29. The molecular weight excluding hydrogens is 346 g/mol. The molecule has 4 aromatic rings. The summed E-state index contributed by atoms with van der Waals surface area (Å²) in [5, 5.41) is 2.61. The lowest BCUT2D eigenvalue weighted by Crippen LogP contribution is -2.20. The van der Waals surface area contributed by atoms with Crippen LogP contribution < -0.4 is 5.73 Å². The van der Waals surface area contributed by atoms with E-state index in [4.69, 9.17) is 10.5 Å². The largest absolute Gasteiger partial charge is 0.399 e. The van der Waals surface area contributed by atoms with Crippen LogP contribution in [-0.2, 0) is 24.3 Å². The van der Waals surface area contributed by atoms with E-state index < -0.39 is 0 Å². The zero-order valence-electron chi connectivity index (χ0n) is 15.9. The minimum atomic E-state index is 0.103. The van der Waals surface area contributed by atoms with Crippen LogP contribution in [0.25, 0.3) is 10.8 Å². The van der Waals surface area contributed by atoms with E-state index >= 15 is 0 Å². The van der Waals surface area contributed by atoms with Crippen molar-refractivity contribution >= 4 is 16.5 Å². The summed E-state index contributed by atoms with van der Waals surface area (Å²) < 4.78 is 8.37. The van der Waals surface area contributed by atoms with Gasteiger partial charge in [0.05, 0.1) is 19.0 Å². The van der Waals surface area contributed by atoms with Crippen molar-refractivity contribution in [2.24, 2.45) is 0 Å². The van der Waals surface area contributed by atoms with Gasteiger partial charge in [-0.3, -0.25) is 0 Å². The van der Waals surface area contributed by atoms with Gasteiger partial charge in [0.1, 0.15) is 0 Å². The summed E-state index contributed by atoms with van der Waals surface area (Å²) in [7, 11) is 0. The number of ether oxygens (including phenoxy) is 1. The van der Waals surface area contributed by atoms with Gasteiger partial charge in [-0.25, -0.2) is 4.98 Å². The fourth-order valence-electron chi connectivity index (χ4n) is 3.51. The Morgan fingerprint density at radius 2 is 1.79 bits per heavy atom. The Morgan fingerprint density at radius 1 is 0.964 bits per heavy atom. The highest BCUT2D eigenvalue weighted by Gasteiger charge is 2.12. The van der Waals surface area contributed by atoms with Crippen molar-refractivity contribution in [3.05, 3.63) is 96.6 Å². The first-order valence-corrected chi connectivity index (χ1v) is 9.66. The predicted octanol–water partition coefficient (Wildman–Crippen LogP) is 4.84. The van der Waals surface area contributed by atoms with Crippen molar-refractivity contribution in [3.63, 3.8) is 0 Å². The lowest BCUT2D eigenvalue weighted by Gasteiger charge is -2.19. The van der Waals surface area contributed by atoms with E-state index in [9.17, 15) is 0 Å². The van der Waals surface area contributed by atoms with Crippen LogP contribution in [0, 0.1) is 0 Å². The molecule has 4 nitrogen and oxygen atoms in total. The van der Waals surface area contributed by atoms with Gasteiger partial charge in [-0.15, -0.1) is 0 Å². The molecule has 28 heavy (non-hydrogen) atoms. The van der Waals surface area contributed by atoms with Crippen molar-refractivity contribution in [2.45, 2.75) is 32.1 Å². The second-order valence-corrected chi connectivity index (χ2v) is 7.11. The van der Waals surface area contributed by atoms with Crippen molar-refractivity contribution in [1.29, 1.82) is 0 Å². The molecule has 0 aliphatic rings. The highest BCUT2D eigenvalue weighted by Crippen LogP contribution is 2.21. The van der Waals surface area contributed by atoms with Gasteiger partial charge in [0.25, 0.3) is 0 Å². The van der Waals surface area contributed by atoms with Crippen LogP contribution in [0.5, 0.6) is 0 Å². The van der Waals surface area contributed by atoms with Gasteiger partial charge in [-0.05, 0) is 46.9 Å². The lowest BCUT2D eigenvalue weighted by molar-refractivity contribution is 0.0240. The Labute approximate surface area is 165 Å². The van der Waals surface area contributed by atoms with Crippen LogP contribution >= 0.6 is 0 Å². The number of hydrogen-bond acceptors (Lipinski definition) is 3. The van der Waals surface area contributed by atoms with Gasteiger partial charge in [0.15, 0.2) is 0 Å². The summed E-state index contributed by atoms with van der Waals surface area (Å²) in [5.41, 5.74) is 9.05. The molecule has 0 amide bonds. The monoisotopic (exact) mass is 371 g/mol. The Kier molecular flexibility index (Phi) is 5.69. The highest BCUT2D eigenvalue weighted by molar-refractivity contribution is 5.85. The fraction of sp³-hybridized carbons (Fsp3) is 0.208. The third-order valence-corrected chi connectivity index (χ3v) is 5.05.